The summed E-state index contributed by atoms with van der Waals surface area (Å²) in [5, 5.41) is 3.69. The predicted molar refractivity (Wildman–Crippen MR) is 36.3 cm³/mol. The SMILES string of the molecule is C1CC2(C1)NC21CCC1. The number of rotatable bonds is 0. The Hall–Kier alpha value is -0.0400. The molecule has 2 saturated carbocycles. The summed E-state index contributed by atoms with van der Waals surface area (Å²) in [6, 6.07) is 0. The van der Waals surface area contributed by atoms with Crippen LogP contribution in [-0.4, -0.2) is 11.1 Å². The summed E-state index contributed by atoms with van der Waals surface area (Å²) in [6.07, 6.45) is 8.88. The molecule has 3 fully saturated rings. The van der Waals surface area contributed by atoms with E-state index in [0.29, 0.717) is 11.1 Å². The fraction of sp³-hybridized carbons (Fsp3) is 1.00. The Morgan fingerprint density at radius 1 is 0.778 bits per heavy atom. The monoisotopic (exact) mass is 123 g/mol. The summed E-state index contributed by atoms with van der Waals surface area (Å²) < 4.78 is 0. The molecule has 1 saturated heterocycles. The molecule has 0 aromatic rings. The van der Waals surface area contributed by atoms with Gasteiger partial charge in [-0.3, -0.25) is 0 Å². The minimum Gasteiger partial charge on any atom is -0.302 e. The first-order valence-corrected chi connectivity index (χ1v) is 4.16. The average Bonchev–Trinajstić information content (AvgIpc) is 2.28. The third-order valence-electron chi connectivity index (χ3n) is 3.75. The largest absolute Gasteiger partial charge is 0.302 e. The van der Waals surface area contributed by atoms with Crippen LogP contribution in [-0.2, 0) is 0 Å². The second-order valence-electron chi connectivity index (χ2n) is 4.00. The molecular formula is C8H13N. The molecule has 0 radical (unpaired) electrons. The van der Waals surface area contributed by atoms with Crippen molar-refractivity contribution in [1.29, 1.82) is 0 Å². The van der Waals surface area contributed by atoms with Crippen LogP contribution in [0.2, 0.25) is 0 Å². The van der Waals surface area contributed by atoms with Gasteiger partial charge in [0.05, 0.1) is 0 Å². The quantitative estimate of drug-likeness (QED) is 0.484. The van der Waals surface area contributed by atoms with E-state index in [-0.39, 0.29) is 0 Å². The summed E-state index contributed by atoms with van der Waals surface area (Å²) >= 11 is 0. The van der Waals surface area contributed by atoms with Gasteiger partial charge in [-0.05, 0) is 38.5 Å². The van der Waals surface area contributed by atoms with Crippen LogP contribution in [0.1, 0.15) is 38.5 Å². The smallest absolute Gasteiger partial charge is 0.0369 e. The van der Waals surface area contributed by atoms with Crippen molar-refractivity contribution < 1.29 is 0 Å². The number of hydrogen-bond donors (Lipinski definition) is 1. The van der Waals surface area contributed by atoms with Crippen molar-refractivity contribution in [3.63, 3.8) is 0 Å². The highest BCUT2D eigenvalue weighted by Gasteiger charge is 2.70. The Morgan fingerprint density at radius 3 is 1.33 bits per heavy atom. The topological polar surface area (TPSA) is 21.9 Å². The van der Waals surface area contributed by atoms with Crippen LogP contribution in [0.3, 0.4) is 0 Å². The summed E-state index contributed by atoms with van der Waals surface area (Å²) in [5.74, 6) is 0. The fourth-order valence-corrected chi connectivity index (χ4v) is 2.69. The molecule has 0 aromatic carbocycles. The van der Waals surface area contributed by atoms with E-state index in [4.69, 9.17) is 0 Å². The van der Waals surface area contributed by atoms with E-state index < -0.39 is 0 Å². The normalized spacial score (nSPS) is 40.0. The molecule has 0 atom stereocenters. The molecule has 50 valence electrons. The lowest BCUT2D eigenvalue weighted by molar-refractivity contribution is 0.258. The first kappa shape index (κ1) is 4.73. The van der Waals surface area contributed by atoms with Crippen LogP contribution in [0.4, 0.5) is 0 Å². The van der Waals surface area contributed by atoms with Gasteiger partial charge in [-0.2, -0.15) is 0 Å². The lowest BCUT2D eigenvalue weighted by atomic mass is 9.67. The fourth-order valence-electron chi connectivity index (χ4n) is 2.69. The van der Waals surface area contributed by atoms with Crippen molar-refractivity contribution in [2.24, 2.45) is 0 Å². The van der Waals surface area contributed by atoms with Crippen molar-refractivity contribution in [3.05, 3.63) is 0 Å². The van der Waals surface area contributed by atoms with Gasteiger partial charge < -0.3 is 5.32 Å². The van der Waals surface area contributed by atoms with Gasteiger partial charge in [0.15, 0.2) is 0 Å². The lowest BCUT2D eigenvalue weighted by Crippen LogP contribution is -2.37. The minimum absolute atomic E-state index is 0.714. The lowest BCUT2D eigenvalue weighted by Gasteiger charge is -2.35. The Kier molecular flexibility index (Phi) is 0.563. The van der Waals surface area contributed by atoms with Gasteiger partial charge in [-0.15, -0.1) is 0 Å². The zero-order valence-corrected chi connectivity index (χ0v) is 5.74. The zero-order chi connectivity index (χ0) is 5.95. The standard InChI is InChI=1S/C8H13N/c1-3-7(4-1)8(9-7)5-2-6-8/h9H,1-6H2. The van der Waals surface area contributed by atoms with Gasteiger partial charge >= 0.3 is 0 Å². The molecule has 3 rings (SSSR count). The van der Waals surface area contributed by atoms with Crippen LogP contribution >= 0.6 is 0 Å². The van der Waals surface area contributed by atoms with Crippen molar-refractivity contribution in [3.8, 4) is 0 Å². The highest BCUT2D eigenvalue weighted by molar-refractivity contribution is 5.32. The van der Waals surface area contributed by atoms with Gasteiger partial charge in [-0.25, -0.2) is 0 Å². The highest BCUT2D eigenvalue weighted by Crippen LogP contribution is 2.61. The summed E-state index contributed by atoms with van der Waals surface area (Å²) in [6.45, 7) is 0. The molecule has 2 aliphatic carbocycles. The van der Waals surface area contributed by atoms with Gasteiger partial charge in [0.25, 0.3) is 0 Å². The third-order valence-corrected chi connectivity index (χ3v) is 3.75. The van der Waals surface area contributed by atoms with Crippen LogP contribution in [0.25, 0.3) is 0 Å². The zero-order valence-electron chi connectivity index (χ0n) is 5.74. The van der Waals surface area contributed by atoms with E-state index in [1.165, 1.54) is 38.5 Å². The molecule has 0 aromatic heterocycles. The van der Waals surface area contributed by atoms with Crippen molar-refractivity contribution in [1.82, 2.24) is 5.32 Å². The van der Waals surface area contributed by atoms with Crippen LogP contribution < -0.4 is 5.32 Å². The second kappa shape index (κ2) is 1.07. The molecule has 1 N–H and O–H groups in total. The van der Waals surface area contributed by atoms with E-state index in [1.54, 1.807) is 0 Å². The van der Waals surface area contributed by atoms with E-state index in [2.05, 4.69) is 5.32 Å². The van der Waals surface area contributed by atoms with E-state index in [0.717, 1.165) is 0 Å². The second-order valence-corrected chi connectivity index (χ2v) is 4.00. The number of fused-ring (bicyclic) bond motifs is 1. The first-order valence-electron chi connectivity index (χ1n) is 4.16. The van der Waals surface area contributed by atoms with Gasteiger partial charge in [0, 0.05) is 11.1 Å². The molecule has 0 unspecified atom stereocenters. The Labute approximate surface area is 55.8 Å². The Balaban J connectivity index is 1.85. The van der Waals surface area contributed by atoms with E-state index in [1.807, 2.05) is 0 Å². The van der Waals surface area contributed by atoms with Gasteiger partial charge in [0.2, 0.25) is 0 Å². The van der Waals surface area contributed by atoms with Crippen LogP contribution in [0, 0.1) is 0 Å². The third kappa shape index (κ3) is 0.337. The molecule has 3 aliphatic rings. The van der Waals surface area contributed by atoms with Crippen molar-refractivity contribution in [2.75, 3.05) is 0 Å². The molecule has 1 heterocycles. The van der Waals surface area contributed by atoms with E-state index >= 15 is 0 Å². The van der Waals surface area contributed by atoms with Gasteiger partial charge in [-0.1, -0.05) is 0 Å². The summed E-state index contributed by atoms with van der Waals surface area (Å²) in [5.41, 5.74) is 1.43. The minimum atomic E-state index is 0.714. The maximum Gasteiger partial charge on any atom is 0.0369 e. The molecule has 1 heteroatoms. The molecule has 0 bridgehead atoms. The van der Waals surface area contributed by atoms with Gasteiger partial charge in [0.1, 0.15) is 0 Å². The van der Waals surface area contributed by atoms with Crippen molar-refractivity contribution >= 4 is 0 Å². The summed E-state index contributed by atoms with van der Waals surface area (Å²) in [4.78, 5) is 0. The molecule has 1 aliphatic heterocycles. The number of hydrogen-bond acceptors (Lipinski definition) is 1. The Bertz CT molecular complexity index is 136. The molecule has 9 heavy (non-hydrogen) atoms. The van der Waals surface area contributed by atoms with Crippen LogP contribution in [0.15, 0.2) is 0 Å². The van der Waals surface area contributed by atoms with Crippen molar-refractivity contribution in [2.45, 2.75) is 49.6 Å². The molecule has 1 nitrogen and oxygen atoms in total. The molecule has 0 amide bonds. The van der Waals surface area contributed by atoms with Crippen LogP contribution in [0.5, 0.6) is 0 Å². The maximum atomic E-state index is 3.69. The summed E-state index contributed by atoms with van der Waals surface area (Å²) in [7, 11) is 0. The molecular weight excluding hydrogens is 110 g/mol. The first-order chi connectivity index (χ1) is 4.37. The van der Waals surface area contributed by atoms with E-state index in [9.17, 15) is 0 Å². The predicted octanol–water partition coefficient (Wildman–Crippen LogP) is 1.44. The molecule has 2 spiro atoms. The Morgan fingerprint density at radius 2 is 1.22 bits per heavy atom. The highest BCUT2D eigenvalue weighted by atomic mass is 15.3. The maximum absolute atomic E-state index is 3.69. The average molecular weight is 123 g/mol. The number of nitrogens with one attached hydrogen (secondary N) is 1.